The molecule has 1 unspecified atom stereocenters. The molecule has 0 spiro atoms. The molecule has 2 fully saturated rings. The van der Waals surface area contributed by atoms with Gasteiger partial charge < -0.3 is 10.2 Å². The smallest absolute Gasteiger partial charge is 0.226 e. The third-order valence-corrected chi connectivity index (χ3v) is 4.30. The first-order valence-corrected chi connectivity index (χ1v) is 6.75. The van der Waals surface area contributed by atoms with E-state index >= 15 is 0 Å². The van der Waals surface area contributed by atoms with Gasteiger partial charge in [0, 0.05) is 18.5 Å². The SMILES string of the molecule is CCN(C(=O)C(C)C1CNC1)C1CCCC1. The van der Waals surface area contributed by atoms with E-state index in [1.54, 1.807) is 0 Å². The van der Waals surface area contributed by atoms with E-state index in [2.05, 4.69) is 24.1 Å². The first kappa shape index (κ1) is 11.9. The van der Waals surface area contributed by atoms with Crippen LogP contribution >= 0.6 is 0 Å². The van der Waals surface area contributed by atoms with Gasteiger partial charge in [-0.3, -0.25) is 4.79 Å². The van der Waals surface area contributed by atoms with Gasteiger partial charge in [0.2, 0.25) is 5.91 Å². The van der Waals surface area contributed by atoms with Crippen LogP contribution in [-0.2, 0) is 4.79 Å². The van der Waals surface area contributed by atoms with E-state index < -0.39 is 0 Å². The van der Waals surface area contributed by atoms with Gasteiger partial charge in [0.25, 0.3) is 0 Å². The molecule has 1 aliphatic heterocycles. The fraction of sp³-hybridized carbons (Fsp3) is 0.923. The van der Waals surface area contributed by atoms with Gasteiger partial charge in [0.1, 0.15) is 0 Å². The van der Waals surface area contributed by atoms with Crippen molar-refractivity contribution in [1.29, 1.82) is 0 Å². The third-order valence-electron chi connectivity index (χ3n) is 4.30. The summed E-state index contributed by atoms with van der Waals surface area (Å²) in [7, 11) is 0. The molecule has 1 saturated heterocycles. The van der Waals surface area contributed by atoms with Gasteiger partial charge in [-0.2, -0.15) is 0 Å². The maximum Gasteiger partial charge on any atom is 0.226 e. The zero-order valence-electron chi connectivity index (χ0n) is 10.5. The maximum absolute atomic E-state index is 12.4. The van der Waals surface area contributed by atoms with E-state index in [1.807, 2.05) is 0 Å². The molecule has 16 heavy (non-hydrogen) atoms. The molecule has 1 N–H and O–H groups in total. The predicted octanol–water partition coefficient (Wildman–Crippen LogP) is 1.63. The van der Waals surface area contributed by atoms with Crippen LogP contribution in [0.1, 0.15) is 39.5 Å². The van der Waals surface area contributed by atoms with Crippen molar-refractivity contribution < 1.29 is 4.79 Å². The van der Waals surface area contributed by atoms with Crippen molar-refractivity contribution in [2.45, 2.75) is 45.6 Å². The molecule has 0 radical (unpaired) electrons. The second kappa shape index (κ2) is 5.17. The van der Waals surface area contributed by atoms with Crippen LogP contribution in [0.4, 0.5) is 0 Å². The lowest BCUT2D eigenvalue weighted by molar-refractivity contribution is -0.139. The lowest BCUT2D eigenvalue weighted by Crippen LogP contribution is -2.51. The van der Waals surface area contributed by atoms with Crippen molar-refractivity contribution in [3.05, 3.63) is 0 Å². The molecular formula is C13H24N2O. The molecule has 1 amide bonds. The standard InChI is InChI=1S/C13H24N2O/c1-3-15(12-6-4-5-7-12)13(16)10(2)11-8-14-9-11/h10-12,14H,3-9H2,1-2H3. The number of nitrogens with one attached hydrogen (secondary N) is 1. The number of carbonyl (C=O) groups is 1. The van der Waals surface area contributed by atoms with Crippen molar-refractivity contribution in [3.63, 3.8) is 0 Å². The number of amides is 1. The van der Waals surface area contributed by atoms with Crippen molar-refractivity contribution >= 4 is 5.91 Å². The lowest BCUT2D eigenvalue weighted by atomic mass is 9.87. The summed E-state index contributed by atoms with van der Waals surface area (Å²) in [6, 6.07) is 0.535. The monoisotopic (exact) mass is 224 g/mol. The highest BCUT2D eigenvalue weighted by Gasteiger charge is 2.34. The molecule has 1 saturated carbocycles. The summed E-state index contributed by atoms with van der Waals surface area (Å²) < 4.78 is 0. The highest BCUT2D eigenvalue weighted by Crippen LogP contribution is 2.26. The number of nitrogens with zero attached hydrogens (tertiary/aromatic N) is 1. The number of rotatable bonds is 4. The van der Waals surface area contributed by atoms with Gasteiger partial charge in [-0.25, -0.2) is 0 Å². The van der Waals surface area contributed by atoms with Gasteiger partial charge >= 0.3 is 0 Å². The Balaban J connectivity index is 1.93. The molecule has 3 nitrogen and oxygen atoms in total. The molecule has 0 aromatic heterocycles. The van der Waals surface area contributed by atoms with Crippen molar-refractivity contribution in [2.75, 3.05) is 19.6 Å². The summed E-state index contributed by atoms with van der Waals surface area (Å²) in [6.07, 6.45) is 5.03. The third kappa shape index (κ3) is 2.24. The van der Waals surface area contributed by atoms with Crippen molar-refractivity contribution in [2.24, 2.45) is 11.8 Å². The van der Waals surface area contributed by atoms with Crippen LogP contribution in [0.3, 0.4) is 0 Å². The largest absolute Gasteiger partial charge is 0.340 e. The summed E-state index contributed by atoms with van der Waals surface area (Å²) in [6.45, 7) is 7.14. The molecule has 0 aromatic carbocycles. The zero-order valence-corrected chi connectivity index (χ0v) is 10.5. The molecule has 1 aliphatic carbocycles. The first-order valence-electron chi connectivity index (χ1n) is 6.75. The minimum Gasteiger partial charge on any atom is -0.340 e. The quantitative estimate of drug-likeness (QED) is 0.787. The second-order valence-electron chi connectivity index (χ2n) is 5.27. The van der Waals surface area contributed by atoms with Crippen LogP contribution < -0.4 is 5.32 Å². The second-order valence-corrected chi connectivity index (χ2v) is 5.27. The molecule has 2 rings (SSSR count). The van der Waals surface area contributed by atoms with E-state index in [4.69, 9.17) is 0 Å². The number of hydrogen-bond acceptors (Lipinski definition) is 2. The van der Waals surface area contributed by atoms with Crippen LogP contribution in [0.15, 0.2) is 0 Å². The minimum atomic E-state index is 0.210. The Hall–Kier alpha value is -0.570. The molecule has 0 bridgehead atoms. The molecule has 1 atom stereocenters. The van der Waals surface area contributed by atoms with E-state index in [0.29, 0.717) is 17.9 Å². The Morgan fingerprint density at radius 2 is 2.00 bits per heavy atom. The summed E-state index contributed by atoms with van der Waals surface area (Å²) in [5, 5.41) is 3.25. The van der Waals surface area contributed by atoms with Crippen molar-refractivity contribution in [3.8, 4) is 0 Å². The topological polar surface area (TPSA) is 32.3 Å². The lowest BCUT2D eigenvalue weighted by Gasteiger charge is -2.37. The summed E-state index contributed by atoms with van der Waals surface area (Å²) >= 11 is 0. The predicted molar refractivity (Wildman–Crippen MR) is 65.2 cm³/mol. The first-order chi connectivity index (χ1) is 7.74. The molecule has 92 valence electrons. The zero-order chi connectivity index (χ0) is 11.5. The molecule has 1 heterocycles. The van der Waals surface area contributed by atoms with Crippen molar-refractivity contribution in [1.82, 2.24) is 10.2 Å². The maximum atomic E-state index is 12.4. The highest BCUT2D eigenvalue weighted by atomic mass is 16.2. The summed E-state index contributed by atoms with van der Waals surface area (Å²) in [4.78, 5) is 14.5. The van der Waals surface area contributed by atoms with Crippen LogP contribution in [0.2, 0.25) is 0 Å². The van der Waals surface area contributed by atoms with E-state index in [0.717, 1.165) is 19.6 Å². The average molecular weight is 224 g/mol. The molecule has 3 heteroatoms. The van der Waals surface area contributed by atoms with Crippen LogP contribution in [-0.4, -0.2) is 36.5 Å². The molecule has 0 aromatic rings. The van der Waals surface area contributed by atoms with E-state index in [9.17, 15) is 4.79 Å². The average Bonchev–Trinajstić information content (AvgIpc) is 2.69. The summed E-state index contributed by atoms with van der Waals surface area (Å²) in [5.41, 5.74) is 0. The highest BCUT2D eigenvalue weighted by molar-refractivity contribution is 5.79. The van der Waals surface area contributed by atoms with Gasteiger partial charge in [-0.05, 0) is 38.8 Å². The van der Waals surface area contributed by atoms with Gasteiger partial charge in [0.15, 0.2) is 0 Å². The fourth-order valence-corrected chi connectivity index (χ4v) is 2.94. The van der Waals surface area contributed by atoms with Gasteiger partial charge in [-0.1, -0.05) is 19.8 Å². The van der Waals surface area contributed by atoms with Gasteiger partial charge in [0.05, 0.1) is 0 Å². The van der Waals surface area contributed by atoms with Gasteiger partial charge in [-0.15, -0.1) is 0 Å². The van der Waals surface area contributed by atoms with E-state index in [-0.39, 0.29) is 5.92 Å². The van der Waals surface area contributed by atoms with Crippen LogP contribution in [0.5, 0.6) is 0 Å². The van der Waals surface area contributed by atoms with Crippen LogP contribution in [0.25, 0.3) is 0 Å². The number of carbonyl (C=O) groups excluding carboxylic acids is 1. The summed E-state index contributed by atoms with van der Waals surface area (Å²) in [5.74, 6) is 1.17. The normalized spacial score (nSPS) is 24.1. The Labute approximate surface area is 98.6 Å². The van der Waals surface area contributed by atoms with E-state index in [1.165, 1.54) is 25.7 Å². The Morgan fingerprint density at radius 3 is 2.44 bits per heavy atom. The molecule has 2 aliphatic rings. The number of hydrogen-bond donors (Lipinski definition) is 1. The Morgan fingerprint density at radius 1 is 1.38 bits per heavy atom. The molecular weight excluding hydrogens is 200 g/mol. The Bertz CT molecular complexity index is 244. The minimum absolute atomic E-state index is 0.210. The Kier molecular flexibility index (Phi) is 3.85. The van der Waals surface area contributed by atoms with Crippen LogP contribution in [0, 0.1) is 11.8 Å². The fourth-order valence-electron chi connectivity index (χ4n) is 2.94.